The van der Waals surface area contributed by atoms with Crippen molar-refractivity contribution in [1.29, 1.82) is 0 Å². The van der Waals surface area contributed by atoms with Crippen molar-refractivity contribution in [2.45, 2.75) is 19.7 Å². The fourth-order valence-electron chi connectivity index (χ4n) is 2.59. The minimum absolute atomic E-state index is 0. The molecule has 0 heterocycles. The van der Waals surface area contributed by atoms with E-state index in [1.807, 2.05) is 42.5 Å². The summed E-state index contributed by atoms with van der Waals surface area (Å²) in [5.41, 5.74) is 3.29. The van der Waals surface area contributed by atoms with Gasteiger partial charge >= 0.3 is 0 Å². The molecule has 0 bridgehead atoms. The van der Waals surface area contributed by atoms with E-state index in [0.29, 0.717) is 6.61 Å². The first kappa shape index (κ1) is 20.7. The Morgan fingerprint density at radius 1 is 0.778 bits per heavy atom. The normalized spacial score (nSPS) is 10.1. The highest BCUT2D eigenvalue weighted by molar-refractivity contribution is 5.85. The summed E-state index contributed by atoms with van der Waals surface area (Å²) in [7, 11) is 1.67. The first-order valence-electron chi connectivity index (χ1n) is 8.53. The van der Waals surface area contributed by atoms with Gasteiger partial charge in [-0.25, -0.2) is 4.39 Å². The van der Waals surface area contributed by atoms with Gasteiger partial charge in [0.2, 0.25) is 0 Å². The maximum atomic E-state index is 12.9. The van der Waals surface area contributed by atoms with Crippen LogP contribution >= 0.6 is 12.4 Å². The van der Waals surface area contributed by atoms with Crippen LogP contribution < -0.4 is 14.8 Å². The standard InChI is InChI=1S/C22H22FNO2.ClH/c1-25-21-11-7-17(8-12-21)14-24-15-19-3-2-4-22(13-19)26-16-18-5-9-20(23)10-6-18;/h2-13,24H,14-16H2,1H3;1H. The monoisotopic (exact) mass is 387 g/mol. The van der Waals surface area contributed by atoms with Gasteiger partial charge in [-0.2, -0.15) is 0 Å². The van der Waals surface area contributed by atoms with Crippen molar-refractivity contribution in [3.63, 3.8) is 0 Å². The Morgan fingerprint density at radius 2 is 1.44 bits per heavy atom. The summed E-state index contributed by atoms with van der Waals surface area (Å²) in [5.74, 6) is 1.43. The van der Waals surface area contributed by atoms with E-state index in [9.17, 15) is 4.39 Å². The Balaban J connectivity index is 0.00000261. The fourth-order valence-corrected chi connectivity index (χ4v) is 2.59. The van der Waals surface area contributed by atoms with Crippen LogP contribution in [0.2, 0.25) is 0 Å². The van der Waals surface area contributed by atoms with Crippen molar-refractivity contribution >= 4 is 12.4 Å². The Kier molecular flexibility index (Phi) is 8.11. The van der Waals surface area contributed by atoms with Crippen LogP contribution in [0.4, 0.5) is 4.39 Å². The molecular weight excluding hydrogens is 365 g/mol. The lowest BCUT2D eigenvalue weighted by atomic mass is 10.2. The van der Waals surface area contributed by atoms with Crippen molar-refractivity contribution in [1.82, 2.24) is 5.32 Å². The van der Waals surface area contributed by atoms with Crippen LogP contribution in [0.25, 0.3) is 0 Å². The van der Waals surface area contributed by atoms with Crippen LogP contribution in [0.5, 0.6) is 11.5 Å². The quantitative estimate of drug-likeness (QED) is 0.581. The van der Waals surface area contributed by atoms with Gasteiger partial charge in [0.05, 0.1) is 7.11 Å². The summed E-state index contributed by atoms with van der Waals surface area (Å²) in [6.45, 7) is 1.95. The van der Waals surface area contributed by atoms with Crippen molar-refractivity contribution in [3.05, 3.63) is 95.3 Å². The third-order valence-electron chi connectivity index (χ3n) is 4.03. The predicted molar refractivity (Wildman–Crippen MR) is 108 cm³/mol. The molecule has 3 nitrogen and oxygen atoms in total. The summed E-state index contributed by atoms with van der Waals surface area (Å²) in [6.07, 6.45) is 0. The molecule has 0 atom stereocenters. The molecule has 142 valence electrons. The van der Waals surface area contributed by atoms with Gasteiger partial charge < -0.3 is 14.8 Å². The highest BCUT2D eigenvalue weighted by Gasteiger charge is 2.00. The van der Waals surface area contributed by atoms with Crippen LogP contribution in [-0.2, 0) is 19.7 Å². The molecule has 0 aliphatic carbocycles. The minimum Gasteiger partial charge on any atom is -0.497 e. The minimum atomic E-state index is -0.237. The van der Waals surface area contributed by atoms with Gasteiger partial charge in [0.15, 0.2) is 0 Å². The molecule has 0 radical (unpaired) electrons. The predicted octanol–water partition coefficient (Wildman–Crippen LogP) is 5.12. The molecule has 0 fully saturated rings. The number of hydrogen-bond acceptors (Lipinski definition) is 3. The first-order valence-corrected chi connectivity index (χ1v) is 8.53. The second-order valence-electron chi connectivity index (χ2n) is 6.01. The average Bonchev–Trinajstić information content (AvgIpc) is 2.68. The van der Waals surface area contributed by atoms with Crippen molar-refractivity contribution in [2.75, 3.05) is 7.11 Å². The lowest BCUT2D eigenvalue weighted by Gasteiger charge is -2.09. The van der Waals surface area contributed by atoms with Gasteiger partial charge in [0.1, 0.15) is 23.9 Å². The van der Waals surface area contributed by atoms with Crippen LogP contribution in [0.15, 0.2) is 72.8 Å². The van der Waals surface area contributed by atoms with E-state index < -0.39 is 0 Å². The van der Waals surface area contributed by atoms with E-state index in [4.69, 9.17) is 9.47 Å². The molecule has 0 spiro atoms. The molecule has 3 aromatic rings. The second-order valence-corrected chi connectivity index (χ2v) is 6.01. The van der Waals surface area contributed by atoms with E-state index >= 15 is 0 Å². The maximum Gasteiger partial charge on any atom is 0.123 e. The highest BCUT2D eigenvalue weighted by Crippen LogP contribution is 2.16. The van der Waals surface area contributed by atoms with Crippen LogP contribution in [0.3, 0.4) is 0 Å². The van der Waals surface area contributed by atoms with Gasteiger partial charge in [0.25, 0.3) is 0 Å². The van der Waals surface area contributed by atoms with E-state index in [2.05, 4.69) is 11.4 Å². The topological polar surface area (TPSA) is 30.5 Å². The Bertz CT molecular complexity index is 822. The summed E-state index contributed by atoms with van der Waals surface area (Å²) in [5, 5.41) is 3.42. The Labute approximate surface area is 165 Å². The molecule has 3 aromatic carbocycles. The fraction of sp³-hybridized carbons (Fsp3) is 0.182. The zero-order valence-electron chi connectivity index (χ0n) is 15.2. The van der Waals surface area contributed by atoms with Crippen molar-refractivity contribution in [2.24, 2.45) is 0 Å². The van der Waals surface area contributed by atoms with Crippen LogP contribution in [0, 0.1) is 5.82 Å². The number of hydrogen-bond donors (Lipinski definition) is 1. The lowest BCUT2D eigenvalue weighted by molar-refractivity contribution is 0.305. The number of ether oxygens (including phenoxy) is 2. The molecule has 0 saturated heterocycles. The molecule has 0 unspecified atom stereocenters. The summed E-state index contributed by atoms with van der Waals surface area (Å²) in [6, 6.07) is 22.3. The lowest BCUT2D eigenvalue weighted by Crippen LogP contribution is -2.12. The largest absolute Gasteiger partial charge is 0.497 e. The molecule has 0 amide bonds. The number of methoxy groups -OCH3 is 1. The number of rotatable bonds is 8. The molecule has 0 aromatic heterocycles. The average molecular weight is 388 g/mol. The number of benzene rings is 3. The van der Waals surface area contributed by atoms with Gasteiger partial charge in [-0.15, -0.1) is 12.4 Å². The first-order chi connectivity index (χ1) is 12.7. The molecule has 0 aliphatic rings. The SMILES string of the molecule is COc1ccc(CNCc2cccc(OCc3ccc(F)cc3)c2)cc1.Cl. The highest BCUT2D eigenvalue weighted by atomic mass is 35.5. The van der Waals surface area contributed by atoms with Crippen LogP contribution in [-0.4, -0.2) is 7.11 Å². The molecule has 27 heavy (non-hydrogen) atoms. The smallest absolute Gasteiger partial charge is 0.123 e. The maximum absolute atomic E-state index is 12.9. The molecular formula is C22H23ClFNO2. The molecule has 1 N–H and O–H groups in total. The number of halogens is 2. The molecule has 3 rings (SSSR count). The van der Waals surface area contributed by atoms with Crippen LogP contribution in [0.1, 0.15) is 16.7 Å². The summed E-state index contributed by atoms with van der Waals surface area (Å²) in [4.78, 5) is 0. The van der Waals surface area contributed by atoms with E-state index in [1.165, 1.54) is 17.7 Å². The van der Waals surface area contributed by atoms with Gasteiger partial charge in [-0.3, -0.25) is 0 Å². The van der Waals surface area contributed by atoms with Crippen molar-refractivity contribution < 1.29 is 13.9 Å². The number of nitrogens with one attached hydrogen (secondary N) is 1. The molecule has 5 heteroatoms. The molecule has 0 saturated carbocycles. The zero-order valence-corrected chi connectivity index (χ0v) is 16.0. The second kappa shape index (κ2) is 10.6. The Hall–Kier alpha value is -2.56. The third-order valence-corrected chi connectivity index (χ3v) is 4.03. The summed E-state index contributed by atoms with van der Waals surface area (Å²) >= 11 is 0. The van der Waals surface area contributed by atoms with E-state index in [1.54, 1.807) is 19.2 Å². The van der Waals surface area contributed by atoms with E-state index in [0.717, 1.165) is 35.7 Å². The van der Waals surface area contributed by atoms with Crippen molar-refractivity contribution in [3.8, 4) is 11.5 Å². The van der Waals surface area contributed by atoms with Gasteiger partial charge in [-0.05, 0) is 53.1 Å². The third kappa shape index (κ3) is 6.59. The Morgan fingerprint density at radius 3 is 2.15 bits per heavy atom. The summed E-state index contributed by atoms with van der Waals surface area (Å²) < 4.78 is 23.9. The van der Waals surface area contributed by atoms with E-state index in [-0.39, 0.29) is 18.2 Å². The molecule has 0 aliphatic heterocycles. The van der Waals surface area contributed by atoms with Gasteiger partial charge in [0, 0.05) is 13.1 Å². The zero-order chi connectivity index (χ0) is 18.2. The van der Waals surface area contributed by atoms with Gasteiger partial charge in [-0.1, -0.05) is 36.4 Å².